The molecule has 0 amide bonds. The minimum atomic E-state index is -4.10. The molecule has 174 valence electrons. The van der Waals surface area contributed by atoms with E-state index in [1.807, 2.05) is 0 Å². The SMILES string of the molecule is CCCCCCN(C(CN)CCCC)S(=O)(=O)c1cccc2c(S(N)(=O)=O)nccc12. The largest absolute Gasteiger partial charge is 0.329 e. The van der Waals surface area contributed by atoms with Crippen LogP contribution in [0.15, 0.2) is 40.4 Å². The lowest BCUT2D eigenvalue weighted by Crippen LogP contribution is -2.45. The van der Waals surface area contributed by atoms with Crippen LogP contribution < -0.4 is 10.9 Å². The van der Waals surface area contributed by atoms with E-state index in [0.717, 1.165) is 38.5 Å². The van der Waals surface area contributed by atoms with Gasteiger partial charge in [-0.3, -0.25) is 0 Å². The molecule has 1 aromatic heterocycles. The summed E-state index contributed by atoms with van der Waals surface area (Å²) < 4.78 is 53.0. The maximum atomic E-state index is 13.8. The standard InChI is InChI=1S/C21H34N4O4S2/c1-3-5-7-8-15-25(17(16-22)10-6-4-2)31(28,29)20-12-9-11-19-18(20)13-14-24-21(19)30(23,26)27/h9,11-14,17H,3-8,10,15-16,22H2,1-2H3,(H2,23,26,27). The molecule has 10 heteroatoms. The van der Waals surface area contributed by atoms with Crippen LogP contribution in [0.1, 0.15) is 58.8 Å². The van der Waals surface area contributed by atoms with E-state index in [2.05, 4.69) is 18.8 Å². The van der Waals surface area contributed by atoms with Crippen molar-refractivity contribution < 1.29 is 16.8 Å². The van der Waals surface area contributed by atoms with E-state index in [-0.39, 0.29) is 33.3 Å². The highest BCUT2D eigenvalue weighted by Crippen LogP contribution is 2.30. The van der Waals surface area contributed by atoms with Crippen molar-refractivity contribution in [2.45, 2.75) is 74.8 Å². The summed E-state index contributed by atoms with van der Waals surface area (Å²) in [7, 11) is -8.03. The molecule has 0 radical (unpaired) electrons. The molecule has 1 atom stereocenters. The number of unbranched alkanes of at least 4 members (excludes halogenated alkanes) is 4. The fourth-order valence-corrected chi connectivity index (χ4v) is 6.35. The summed E-state index contributed by atoms with van der Waals surface area (Å²) in [6, 6.07) is 5.72. The number of pyridine rings is 1. The van der Waals surface area contributed by atoms with Gasteiger partial charge in [0, 0.05) is 36.1 Å². The minimum absolute atomic E-state index is 0.0442. The molecule has 0 spiro atoms. The Morgan fingerprint density at radius 2 is 1.68 bits per heavy atom. The molecule has 2 aromatic rings. The molecular weight excluding hydrogens is 436 g/mol. The van der Waals surface area contributed by atoms with Gasteiger partial charge in [0.05, 0.1) is 4.90 Å². The monoisotopic (exact) mass is 470 g/mol. The van der Waals surface area contributed by atoms with Crippen LogP contribution in [0.3, 0.4) is 0 Å². The first kappa shape index (κ1) is 25.7. The summed E-state index contributed by atoms with van der Waals surface area (Å²) in [6.45, 7) is 4.75. The van der Waals surface area contributed by atoms with E-state index in [1.54, 1.807) is 0 Å². The van der Waals surface area contributed by atoms with Crippen LogP contribution in [0.4, 0.5) is 0 Å². The van der Waals surface area contributed by atoms with Gasteiger partial charge in [0.15, 0.2) is 5.03 Å². The third-order valence-corrected chi connectivity index (χ3v) is 8.26. The average Bonchev–Trinajstić information content (AvgIpc) is 2.73. The maximum Gasteiger partial charge on any atom is 0.256 e. The molecule has 0 aliphatic heterocycles. The number of aromatic nitrogens is 1. The lowest BCUT2D eigenvalue weighted by Gasteiger charge is -2.30. The summed E-state index contributed by atoms with van der Waals surface area (Å²) in [5, 5.41) is 5.43. The van der Waals surface area contributed by atoms with Crippen LogP contribution in [0.5, 0.6) is 0 Å². The second-order valence-corrected chi connectivity index (χ2v) is 11.1. The van der Waals surface area contributed by atoms with Crippen molar-refractivity contribution in [3.63, 3.8) is 0 Å². The molecule has 31 heavy (non-hydrogen) atoms. The van der Waals surface area contributed by atoms with Crippen molar-refractivity contribution in [1.29, 1.82) is 0 Å². The van der Waals surface area contributed by atoms with E-state index < -0.39 is 20.0 Å². The van der Waals surface area contributed by atoms with Gasteiger partial charge in [0.2, 0.25) is 10.0 Å². The summed E-state index contributed by atoms with van der Waals surface area (Å²) in [5.41, 5.74) is 6.00. The zero-order valence-corrected chi connectivity index (χ0v) is 20.0. The topological polar surface area (TPSA) is 136 Å². The highest BCUT2D eigenvalue weighted by Gasteiger charge is 2.32. The molecule has 4 N–H and O–H groups in total. The zero-order valence-electron chi connectivity index (χ0n) is 18.3. The second-order valence-electron chi connectivity index (χ2n) is 7.72. The number of nitrogens with zero attached hydrogens (tertiary/aromatic N) is 2. The summed E-state index contributed by atoms with van der Waals surface area (Å²) >= 11 is 0. The fourth-order valence-electron chi connectivity index (χ4n) is 3.74. The smallest absolute Gasteiger partial charge is 0.256 e. The second kappa shape index (κ2) is 11.3. The Kier molecular flexibility index (Phi) is 9.38. The normalized spacial score (nSPS) is 13.7. The average molecular weight is 471 g/mol. The molecule has 0 fully saturated rings. The molecule has 1 heterocycles. The first-order valence-corrected chi connectivity index (χ1v) is 13.8. The molecule has 0 saturated carbocycles. The summed E-state index contributed by atoms with van der Waals surface area (Å²) in [5.74, 6) is 0. The molecule has 0 bridgehead atoms. The Bertz CT molecular complexity index is 1070. The maximum absolute atomic E-state index is 13.8. The summed E-state index contributed by atoms with van der Waals surface area (Å²) in [6.07, 6.45) is 7.52. The van der Waals surface area contributed by atoms with Crippen LogP contribution in [-0.4, -0.2) is 45.3 Å². The third-order valence-electron chi connectivity index (χ3n) is 5.39. The molecule has 0 saturated heterocycles. The molecule has 1 aromatic carbocycles. The number of nitrogens with two attached hydrogens (primary N) is 2. The predicted octanol–water partition coefficient (Wildman–Crippen LogP) is 2.97. The molecule has 0 aliphatic rings. The van der Waals surface area contributed by atoms with Crippen LogP contribution in [0.2, 0.25) is 0 Å². The van der Waals surface area contributed by atoms with Gasteiger partial charge in [-0.15, -0.1) is 0 Å². The van der Waals surface area contributed by atoms with Gasteiger partial charge in [-0.05, 0) is 25.0 Å². The number of hydrogen-bond donors (Lipinski definition) is 2. The van der Waals surface area contributed by atoms with Gasteiger partial charge in [0.1, 0.15) is 0 Å². The van der Waals surface area contributed by atoms with Crippen molar-refractivity contribution in [2.75, 3.05) is 13.1 Å². The third kappa shape index (κ3) is 6.23. The van der Waals surface area contributed by atoms with Crippen LogP contribution in [-0.2, 0) is 20.0 Å². The van der Waals surface area contributed by atoms with Gasteiger partial charge in [0.25, 0.3) is 10.0 Å². The number of hydrogen-bond acceptors (Lipinski definition) is 6. The molecule has 1 unspecified atom stereocenters. The predicted molar refractivity (Wildman–Crippen MR) is 124 cm³/mol. The quantitative estimate of drug-likeness (QED) is 0.432. The zero-order chi connectivity index (χ0) is 23.1. The van der Waals surface area contributed by atoms with E-state index in [9.17, 15) is 16.8 Å². The van der Waals surface area contributed by atoms with E-state index in [0.29, 0.717) is 13.0 Å². The van der Waals surface area contributed by atoms with Crippen molar-refractivity contribution in [1.82, 2.24) is 9.29 Å². The van der Waals surface area contributed by atoms with Crippen LogP contribution >= 0.6 is 0 Å². The van der Waals surface area contributed by atoms with Gasteiger partial charge < -0.3 is 5.73 Å². The van der Waals surface area contributed by atoms with Crippen molar-refractivity contribution >= 4 is 30.8 Å². The van der Waals surface area contributed by atoms with Gasteiger partial charge in [-0.1, -0.05) is 58.1 Å². The van der Waals surface area contributed by atoms with Crippen LogP contribution in [0.25, 0.3) is 10.8 Å². The lowest BCUT2D eigenvalue weighted by molar-refractivity contribution is 0.297. The molecule has 8 nitrogen and oxygen atoms in total. The van der Waals surface area contributed by atoms with E-state index in [4.69, 9.17) is 10.9 Å². The van der Waals surface area contributed by atoms with Crippen molar-refractivity contribution in [2.24, 2.45) is 10.9 Å². The Labute approximate surface area is 186 Å². The number of fused-ring (bicyclic) bond motifs is 1. The Balaban J connectivity index is 2.59. The van der Waals surface area contributed by atoms with Crippen molar-refractivity contribution in [3.05, 3.63) is 30.5 Å². The minimum Gasteiger partial charge on any atom is -0.329 e. The number of sulfonamides is 2. The van der Waals surface area contributed by atoms with E-state index in [1.165, 1.54) is 34.8 Å². The first-order valence-electron chi connectivity index (χ1n) is 10.8. The first-order chi connectivity index (χ1) is 14.7. The number of benzene rings is 1. The number of primary sulfonamides is 1. The van der Waals surface area contributed by atoms with Gasteiger partial charge >= 0.3 is 0 Å². The molecule has 2 rings (SSSR count). The Morgan fingerprint density at radius 1 is 0.968 bits per heavy atom. The lowest BCUT2D eigenvalue weighted by atomic mass is 10.1. The van der Waals surface area contributed by atoms with Crippen LogP contribution in [0, 0.1) is 0 Å². The number of rotatable bonds is 13. The Hall–Kier alpha value is -1.59. The molecular formula is C21H34N4O4S2. The highest BCUT2D eigenvalue weighted by atomic mass is 32.2. The highest BCUT2D eigenvalue weighted by molar-refractivity contribution is 7.89. The van der Waals surface area contributed by atoms with E-state index >= 15 is 0 Å². The van der Waals surface area contributed by atoms with Gasteiger partial charge in [-0.2, -0.15) is 4.31 Å². The molecule has 0 aliphatic carbocycles. The van der Waals surface area contributed by atoms with Crippen molar-refractivity contribution in [3.8, 4) is 0 Å². The fraction of sp³-hybridized carbons (Fsp3) is 0.571. The Morgan fingerprint density at radius 3 is 2.29 bits per heavy atom. The van der Waals surface area contributed by atoms with Gasteiger partial charge in [-0.25, -0.2) is 27.0 Å². The summed E-state index contributed by atoms with van der Waals surface area (Å²) in [4.78, 5) is 3.91.